The molecule has 0 aliphatic carbocycles. The van der Waals surface area contributed by atoms with Crippen LogP contribution in [0.2, 0.25) is 0 Å². The quantitative estimate of drug-likeness (QED) is 0.609. The molecule has 2 nitrogen and oxygen atoms in total. The van der Waals surface area contributed by atoms with Crippen molar-refractivity contribution in [3.8, 4) is 0 Å². The van der Waals surface area contributed by atoms with Gasteiger partial charge in [0.1, 0.15) is 5.82 Å². The van der Waals surface area contributed by atoms with Gasteiger partial charge in [0.25, 0.3) is 0 Å². The molecule has 0 aromatic heterocycles. The first-order valence-corrected chi connectivity index (χ1v) is 8.63. The van der Waals surface area contributed by atoms with Crippen molar-refractivity contribution in [2.24, 2.45) is 0 Å². The van der Waals surface area contributed by atoms with Crippen molar-refractivity contribution in [1.82, 2.24) is 0 Å². The van der Waals surface area contributed by atoms with E-state index in [2.05, 4.69) is 6.92 Å². The summed E-state index contributed by atoms with van der Waals surface area (Å²) in [6, 6.07) is 5.10. The number of benzene rings is 1. The first kappa shape index (κ1) is 16.8. The molecule has 1 aliphatic rings. The minimum Gasteiger partial charge on any atom is -0.399 e. The fraction of sp³-hybridized carbons (Fsp3) is 0.625. The van der Waals surface area contributed by atoms with Crippen molar-refractivity contribution in [3.05, 3.63) is 29.6 Å². The van der Waals surface area contributed by atoms with Crippen LogP contribution in [0.5, 0.6) is 0 Å². The monoisotopic (exact) mass is 310 g/mol. The van der Waals surface area contributed by atoms with Gasteiger partial charge in [-0.25, -0.2) is 4.39 Å². The van der Waals surface area contributed by atoms with Gasteiger partial charge in [0.2, 0.25) is 0 Å². The molecule has 1 aromatic rings. The molecule has 0 amide bonds. The minimum absolute atomic E-state index is 0.227. The molecule has 5 heteroatoms. The van der Waals surface area contributed by atoms with E-state index in [1.54, 1.807) is 6.07 Å². The smallest absolute Gasteiger partial charge is 0.399 e. The Hall–Kier alpha value is -0.515. The molecule has 0 saturated carbocycles. The fourth-order valence-corrected chi connectivity index (χ4v) is 3.04. The van der Waals surface area contributed by atoms with Crippen LogP contribution in [-0.4, -0.2) is 24.1 Å². The van der Waals surface area contributed by atoms with Crippen LogP contribution in [-0.2, 0) is 15.1 Å². The summed E-state index contributed by atoms with van der Waals surface area (Å²) >= 11 is 1.82. The molecule has 116 valence electrons. The molecule has 0 unspecified atom stereocenters. The summed E-state index contributed by atoms with van der Waals surface area (Å²) in [6.07, 6.45) is 1.13. The van der Waals surface area contributed by atoms with Crippen molar-refractivity contribution < 1.29 is 13.7 Å². The maximum atomic E-state index is 13.9. The van der Waals surface area contributed by atoms with Gasteiger partial charge in [0, 0.05) is 5.75 Å². The Bertz CT molecular complexity index is 489. The third kappa shape index (κ3) is 3.82. The molecule has 0 N–H and O–H groups in total. The van der Waals surface area contributed by atoms with Gasteiger partial charge in [0.05, 0.1) is 11.2 Å². The fourth-order valence-electron chi connectivity index (χ4n) is 2.21. The number of hydrogen-bond acceptors (Lipinski definition) is 3. The van der Waals surface area contributed by atoms with Gasteiger partial charge in [-0.1, -0.05) is 13.0 Å². The molecule has 1 aromatic carbocycles. The molecule has 1 aliphatic heterocycles. The molecule has 0 atom stereocenters. The van der Waals surface area contributed by atoms with Crippen LogP contribution in [0.1, 0.15) is 46.6 Å². The lowest BCUT2D eigenvalue weighted by Crippen LogP contribution is -2.41. The Morgan fingerprint density at radius 1 is 1.10 bits per heavy atom. The van der Waals surface area contributed by atoms with Gasteiger partial charge < -0.3 is 9.31 Å². The van der Waals surface area contributed by atoms with Crippen LogP contribution in [0.15, 0.2) is 18.2 Å². The van der Waals surface area contributed by atoms with E-state index < -0.39 is 18.3 Å². The van der Waals surface area contributed by atoms with Crippen LogP contribution in [0.25, 0.3) is 0 Å². The highest BCUT2D eigenvalue weighted by Crippen LogP contribution is 2.36. The van der Waals surface area contributed by atoms with Gasteiger partial charge in [-0.3, -0.25) is 0 Å². The lowest BCUT2D eigenvalue weighted by atomic mass is 9.78. The third-order valence-electron chi connectivity index (χ3n) is 4.12. The van der Waals surface area contributed by atoms with Crippen molar-refractivity contribution in [1.29, 1.82) is 0 Å². The van der Waals surface area contributed by atoms with Crippen molar-refractivity contribution >= 4 is 24.3 Å². The average Bonchev–Trinajstić information content (AvgIpc) is 2.58. The van der Waals surface area contributed by atoms with Crippen LogP contribution < -0.4 is 5.46 Å². The average molecular weight is 310 g/mol. The summed E-state index contributed by atoms with van der Waals surface area (Å²) in [7, 11) is -0.499. The molecular formula is C16H24BFO2S. The second-order valence-electron chi connectivity index (χ2n) is 6.53. The predicted molar refractivity (Wildman–Crippen MR) is 88.6 cm³/mol. The third-order valence-corrected chi connectivity index (χ3v) is 5.36. The van der Waals surface area contributed by atoms with E-state index in [4.69, 9.17) is 9.31 Å². The lowest BCUT2D eigenvalue weighted by molar-refractivity contribution is 0.00578. The molecule has 0 radical (unpaired) electrons. The van der Waals surface area contributed by atoms with Gasteiger partial charge in [-0.05, 0) is 63.0 Å². The zero-order chi connectivity index (χ0) is 15.7. The van der Waals surface area contributed by atoms with Gasteiger partial charge in [-0.15, -0.1) is 0 Å². The summed E-state index contributed by atoms with van der Waals surface area (Å²) < 4.78 is 25.8. The van der Waals surface area contributed by atoms with E-state index in [1.165, 1.54) is 6.07 Å². The summed E-state index contributed by atoms with van der Waals surface area (Å²) in [4.78, 5) is 0. The second-order valence-corrected chi connectivity index (χ2v) is 7.64. The maximum absolute atomic E-state index is 13.9. The molecule has 1 saturated heterocycles. The van der Waals surface area contributed by atoms with E-state index in [0.29, 0.717) is 0 Å². The van der Waals surface area contributed by atoms with Crippen LogP contribution >= 0.6 is 11.8 Å². The van der Waals surface area contributed by atoms with E-state index in [9.17, 15) is 4.39 Å². The standard InChI is InChI=1S/C16H24BFO2S/c1-6-7-21-11-12-8-13(10-14(18)9-12)17-19-15(2,3)16(4,5)20-17/h8-10H,6-7,11H2,1-5H3. The van der Waals surface area contributed by atoms with Gasteiger partial charge in [0.15, 0.2) is 0 Å². The highest BCUT2D eigenvalue weighted by atomic mass is 32.2. The summed E-state index contributed by atoms with van der Waals surface area (Å²) in [5.74, 6) is 1.68. The van der Waals surface area contributed by atoms with Crippen LogP contribution in [0, 0.1) is 5.82 Å². The van der Waals surface area contributed by atoms with Crippen LogP contribution in [0.4, 0.5) is 4.39 Å². The van der Waals surface area contributed by atoms with Crippen molar-refractivity contribution in [3.63, 3.8) is 0 Å². The predicted octanol–water partition coefficient (Wildman–Crippen LogP) is 3.77. The number of rotatable bonds is 5. The van der Waals surface area contributed by atoms with Gasteiger partial charge in [-0.2, -0.15) is 11.8 Å². The molecular weight excluding hydrogens is 286 g/mol. The van der Waals surface area contributed by atoms with E-state index in [1.807, 2.05) is 45.5 Å². The Labute approximate surface area is 131 Å². The zero-order valence-corrected chi connectivity index (χ0v) is 14.3. The summed E-state index contributed by atoms with van der Waals surface area (Å²) in [5, 5.41) is 0. The zero-order valence-electron chi connectivity index (χ0n) is 13.5. The summed E-state index contributed by atoms with van der Waals surface area (Å²) in [5.41, 5.74) is 0.946. The molecule has 0 bridgehead atoms. The first-order valence-electron chi connectivity index (χ1n) is 7.48. The highest BCUT2D eigenvalue weighted by Gasteiger charge is 2.51. The summed E-state index contributed by atoms with van der Waals surface area (Å²) in [6.45, 7) is 10.2. The van der Waals surface area contributed by atoms with E-state index >= 15 is 0 Å². The Morgan fingerprint density at radius 3 is 2.29 bits per heavy atom. The molecule has 1 fully saturated rings. The van der Waals surface area contributed by atoms with E-state index in [-0.39, 0.29) is 5.82 Å². The Kier molecular flexibility index (Phi) is 5.06. The SMILES string of the molecule is CCCSCc1cc(F)cc(B2OC(C)(C)C(C)(C)O2)c1. The van der Waals surface area contributed by atoms with Gasteiger partial charge >= 0.3 is 7.12 Å². The van der Waals surface area contributed by atoms with Crippen molar-refractivity contribution in [2.75, 3.05) is 5.75 Å². The molecule has 21 heavy (non-hydrogen) atoms. The topological polar surface area (TPSA) is 18.5 Å². The van der Waals surface area contributed by atoms with Crippen molar-refractivity contribution in [2.45, 2.75) is 58.0 Å². The maximum Gasteiger partial charge on any atom is 0.494 e. The number of halogens is 1. The van der Waals surface area contributed by atoms with Crippen LogP contribution in [0.3, 0.4) is 0 Å². The highest BCUT2D eigenvalue weighted by molar-refractivity contribution is 7.98. The number of hydrogen-bond donors (Lipinski definition) is 0. The molecule has 0 spiro atoms. The largest absolute Gasteiger partial charge is 0.494 e. The number of thioether (sulfide) groups is 1. The Balaban J connectivity index is 2.17. The molecule has 2 rings (SSSR count). The lowest BCUT2D eigenvalue weighted by Gasteiger charge is -2.32. The minimum atomic E-state index is -0.499. The first-order chi connectivity index (χ1) is 9.75. The second kappa shape index (κ2) is 6.31. The Morgan fingerprint density at radius 2 is 1.71 bits per heavy atom. The normalized spacial score (nSPS) is 20.0. The molecule has 1 heterocycles. The van der Waals surface area contributed by atoms with E-state index in [0.717, 1.165) is 29.0 Å².